The van der Waals surface area contributed by atoms with Crippen LogP contribution in [-0.2, 0) is 16.1 Å². The number of carbonyl (C=O) groups excluding carboxylic acids is 2. The fraction of sp³-hybridized carbons (Fsp3) is 0.500. The molecule has 3 aromatic rings. The summed E-state index contributed by atoms with van der Waals surface area (Å²) in [7, 11) is 0. The van der Waals surface area contributed by atoms with Crippen molar-refractivity contribution in [2.24, 2.45) is 11.7 Å². The van der Waals surface area contributed by atoms with Gasteiger partial charge in [-0.2, -0.15) is 4.98 Å². The lowest BCUT2D eigenvalue weighted by Gasteiger charge is -2.30. The molecule has 0 bridgehead atoms. The third-order valence-corrected chi connectivity index (χ3v) is 8.40. The molecule has 34 heavy (non-hydrogen) atoms. The Labute approximate surface area is 206 Å². The lowest BCUT2D eigenvalue weighted by Crippen LogP contribution is -2.43. The van der Waals surface area contributed by atoms with Crippen LogP contribution in [0.25, 0.3) is 20.7 Å². The third-order valence-electron chi connectivity index (χ3n) is 6.63. The van der Waals surface area contributed by atoms with Crippen LogP contribution < -0.4 is 10.5 Å². The van der Waals surface area contributed by atoms with E-state index in [4.69, 9.17) is 20.4 Å². The van der Waals surface area contributed by atoms with E-state index in [1.807, 2.05) is 11.4 Å². The van der Waals surface area contributed by atoms with Crippen molar-refractivity contribution < 1.29 is 14.3 Å². The van der Waals surface area contributed by atoms with Gasteiger partial charge in [-0.3, -0.25) is 14.5 Å². The van der Waals surface area contributed by atoms with Gasteiger partial charge in [-0.25, -0.2) is 4.98 Å². The van der Waals surface area contributed by atoms with Crippen LogP contribution in [0.2, 0.25) is 0 Å². The first kappa shape index (κ1) is 23.2. The fourth-order valence-electron chi connectivity index (χ4n) is 4.69. The number of nitrogens with zero attached hydrogens (tertiary/aromatic N) is 4. The van der Waals surface area contributed by atoms with Crippen LogP contribution >= 0.6 is 22.7 Å². The van der Waals surface area contributed by atoms with Crippen LogP contribution in [0.5, 0.6) is 5.88 Å². The number of aromatic nitrogens is 2. The van der Waals surface area contributed by atoms with Gasteiger partial charge in [0.1, 0.15) is 10.7 Å². The van der Waals surface area contributed by atoms with Gasteiger partial charge in [-0.15, -0.1) is 22.7 Å². The Balaban J connectivity index is 1.37. The first-order valence-corrected chi connectivity index (χ1v) is 13.6. The number of ether oxygens (including phenoxy) is 1. The summed E-state index contributed by atoms with van der Waals surface area (Å²) in [5.74, 6) is 0.676. The summed E-state index contributed by atoms with van der Waals surface area (Å²) in [6, 6.07) is 4.10. The second-order valence-electron chi connectivity index (χ2n) is 8.93. The molecule has 5 rings (SSSR count). The molecule has 5 heterocycles. The van der Waals surface area contributed by atoms with Crippen LogP contribution in [0.3, 0.4) is 0 Å². The van der Waals surface area contributed by atoms with Crippen molar-refractivity contribution in [2.45, 2.75) is 38.6 Å². The maximum absolute atomic E-state index is 12.9. The molecule has 180 valence electrons. The molecule has 0 spiro atoms. The predicted molar refractivity (Wildman–Crippen MR) is 134 cm³/mol. The summed E-state index contributed by atoms with van der Waals surface area (Å²) in [6.45, 7) is 3.76. The van der Waals surface area contributed by atoms with E-state index in [0.717, 1.165) is 39.6 Å². The van der Waals surface area contributed by atoms with Crippen molar-refractivity contribution in [3.05, 3.63) is 28.7 Å². The molecule has 2 amide bonds. The highest BCUT2D eigenvalue weighted by Crippen LogP contribution is 2.40. The maximum Gasteiger partial charge on any atom is 0.260 e. The monoisotopic (exact) mass is 499 g/mol. The number of fused-ring (bicyclic) bond motifs is 1. The van der Waals surface area contributed by atoms with E-state index in [9.17, 15) is 9.59 Å². The highest BCUT2D eigenvalue weighted by atomic mass is 32.1. The summed E-state index contributed by atoms with van der Waals surface area (Å²) in [5, 5.41) is 5.01. The lowest BCUT2D eigenvalue weighted by molar-refractivity contribution is -0.136. The minimum Gasteiger partial charge on any atom is -0.467 e. The van der Waals surface area contributed by atoms with Crippen molar-refractivity contribution in [3.63, 3.8) is 0 Å². The molecule has 0 saturated carbocycles. The number of likely N-dealkylation sites (tertiary alicyclic amines) is 2. The zero-order chi connectivity index (χ0) is 23.5. The molecule has 0 aliphatic carbocycles. The molecule has 3 aromatic heterocycles. The van der Waals surface area contributed by atoms with E-state index in [-0.39, 0.29) is 24.3 Å². The van der Waals surface area contributed by atoms with Crippen LogP contribution in [-0.4, -0.2) is 64.4 Å². The van der Waals surface area contributed by atoms with Gasteiger partial charge in [0.15, 0.2) is 6.61 Å². The normalized spacial score (nSPS) is 17.8. The van der Waals surface area contributed by atoms with E-state index in [1.165, 1.54) is 19.3 Å². The van der Waals surface area contributed by atoms with Gasteiger partial charge in [0.25, 0.3) is 5.91 Å². The predicted octanol–water partition coefficient (Wildman–Crippen LogP) is 3.51. The molecule has 2 aliphatic heterocycles. The fourth-order valence-corrected chi connectivity index (χ4v) is 6.46. The summed E-state index contributed by atoms with van der Waals surface area (Å²) >= 11 is 3.25. The molecule has 0 radical (unpaired) electrons. The van der Waals surface area contributed by atoms with E-state index in [2.05, 4.69) is 16.3 Å². The minimum absolute atomic E-state index is 0.0871. The van der Waals surface area contributed by atoms with Crippen molar-refractivity contribution in [1.29, 1.82) is 0 Å². The molecule has 2 N–H and O–H groups in total. The number of primary amides is 1. The summed E-state index contributed by atoms with van der Waals surface area (Å²) in [6.07, 6.45) is 4.89. The van der Waals surface area contributed by atoms with Gasteiger partial charge in [0, 0.05) is 34.8 Å². The van der Waals surface area contributed by atoms with Crippen molar-refractivity contribution in [3.8, 4) is 16.3 Å². The first-order chi connectivity index (χ1) is 16.6. The van der Waals surface area contributed by atoms with Crippen molar-refractivity contribution in [2.75, 3.05) is 32.8 Å². The average Bonchev–Trinajstić information content (AvgIpc) is 3.53. The standard InChI is InChI=1S/C24H29N5O3S2/c25-22(31)16-6-10-29(11-7-16)20(30)14-32-23-21-17(18-5-4-12-33-18)15-34-24(21)27-19(26-23)13-28-8-2-1-3-9-28/h4-5,12,15-16H,1-3,6-11,13-14H2,(H2,25,31). The number of carbonyl (C=O) groups is 2. The molecule has 0 atom stereocenters. The highest BCUT2D eigenvalue weighted by Gasteiger charge is 2.27. The van der Waals surface area contributed by atoms with Crippen LogP contribution in [0.15, 0.2) is 22.9 Å². The first-order valence-electron chi connectivity index (χ1n) is 11.8. The minimum atomic E-state index is -0.286. The molecular formula is C24H29N5O3S2. The summed E-state index contributed by atoms with van der Waals surface area (Å²) in [4.78, 5) is 40.1. The zero-order valence-corrected chi connectivity index (χ0v) is 20.7. The Morgan fingerprint density at radius 3 is 2.59 bits per heavy atom. The summed E-state index contributed by atoms with van der Waals surface area (Å²) in [5.41, 5.74) is 6.46. The van der Waals surface area contributed by atoms with Crippen molar-refractivity contribution in [1.82, 2.24) is 19.8 Å². The van der Waals surface area contributed by atoms with Crippen molar-refractivity contribution >= 4 is 44.7 Å². The quantitative estimate of drug-likeness (QED) is 0.534. The average molecular weight is 500 g/mol. The van der Waals surface area contributed by atoms with E-state index < -0.39 is 0 Å². The molecule has 8 nitrogen and oxygen atoms in total. The van der Waals surface area contributed by atoms with E-state index in [1.54, 1.807) is 27.6 Å². The van der Waals surface area contributed by atoms with Gasteiger partial charge in [0.05, 0.1) is 11.9 Å². The van der Waals surface area contributed by atoms with E-state index >= 15 is 0 Å². The molecule has 2 aliphatic rings. The molecule has 0 aromatic carbocycles. The number of hydrogen-bond acceptors (Lipinski definition) is 8. The molecule has 0 unspecified atom stereocenters. The van der Waals surface area contributed by atoms with Crippen LogP contribution in [0.4, 0.5) is 0 Å². The van der Waals surface area contributed by atoms with Crippen LogP contribution in [0.1, 0.15) is 37.9 Å². The molecule has 2 saturated heterocycles. The largest absolute Gasteiger partial charge is 0.467 e. The smallest absolute Gasteiger partial charge is 0.260 e. The Kier molecular flexibility index (Phi) is 7.07. The Morgan fingerprint density at radius 1 is 1.09 bits per heavy atom. The number of hydrogen-bond donors (Lipinski definition) is 1. The Morgan fingerprint density at radius 2 is 1.88 bits per heavy atom. The number of amides is 2. The second kappa shape index (κ2) is 10.4. The maximum atomic E-state index is 12.9. The summed E-state index contributed by atoms with van der Waals surface area (Å²) < 4.78 is 6.09. The highest BCUT2D eigenvalue weighted by molar-refractivity contribution is 7.18. The molecule has 2 fully saturated rings. The van der Waals surface area contributed by atoms with E-state index in [0.29, 0.717) is 38.4 Å². The number of nitrogens with two attached hydrogens (primary N) is 1. The van der Waals surface area contributed by atoms with Gasteiger partial charge < -0.3 is 15.4 Å². The van der Waals surface area contributed by atoms with Gasteiger partial charge in [0.2, 0.25) is 11.8 Å². The number of piperidine rings is 2. The van der Waals surface area contributed by atoms with Gasteiger partial charge in [-0.1, -0.05) is 12.5 Å². The molecule has 10 heteroatoms. The topological polar surface area (TPSA) is 102 Å². The Hall–Kier alpha value is -2.56. The van der Waals surface area contributed by atoms with Gasteiger partial charge in [-0.05, 0) is 50.2 Å². The Bertz CT molecular complexity index is 1150. The lowest BCUT2D eigenvalue weighted by atomic mass is 9.96. The van der Waals surface area contributed by atoms with Crippen LogP contribution in [0, 0.1) is 5.92 Å². The third kappa shape index (κ3) is 5.08. The van der Waals surface area contributed by atoms with Gasteiger partial charge >= 0.3 is 0 Å². The second-order valence-corrected chi connectivity index (χ2v) is 10.7. The molecular weight excluding hydrogens is 470 g/mol. The number of thiophene rings is 2. The zero-order valence-electron chi connectivity index (χ0n) is 19.1. The number of rotatable bonds is 7. The SMILES string of the molecule is NC(=O)C1CCN(C(=O)COc2nc(CN3CCCCC3)nc3scc(-c4cccs4)c23)CC1.